The van der Waals surface area contributed by atoms with E-state index in [1.807, 2.05) is 13.0 Å². The van der Waals surface area contributed by atoms with Gasteiger partial charge in [0.15, 0.2) is 5.60 Å². The van der Waals surface area contributed by atoms with Crippen LogP contribution >= 0.6 is 0 Å². The highest BCUT2D eigenvalue weighted by Crippen LogP contribution is 2.57. The number of aldehydes is 1. The molecular formula is C28H25F4N3O3. The van der Waals surface area contributed by atoms with E-state index in [1.165, 1.54) is 26.2 Å². The number of nitrogens with zero attached hydrogens (tertiary/aromatic N) is 2. The molecule has 0 spiro atoms. The van der Waals surface area contributed by atoms with Crippen molar-refractivity contribution in [3.63, 3.8) is 0 Å². The third kappa shape index (κ3) is 4.28. The fourth-order valence-corrected chi connectivity index (χ4v) is 5.16. The molecule has 1 aromatic heterocycles. The first-order chi connectivity index (χ1) is 18.0. The lowest BCUT2D eigenvalue weighted by Crippen LogP contribution is -2.67. The van der Waals surface area contributed by atoms with Crippen LogP contribution < -0.4 is 10.1 Å². The van der Waals surface area contributed by atoms with E-state index in [9.17, 15) is 22.4 Å². The molecule has 5 rings (SSSR count). The number of benzene rings is 3. The number of aromatic nitrogens is 2. The molecule has 10 heteroatoms. The van der Waals surface area contributed by atoms with Crippen LogP contribution in [0.5, 0.6) is 5.75 Å². The molecule has 0 aliphatic carbocycles. The first-order valence-electron chi connectivity index (χ1n) is 11.9. The maximum absolute atomic E-state index is 14.4. The van der Waals surface area contributed by atoms with Crippen molar-refractivity contribution in [3.8, 4) is 11.4 Å². The smallest absolute Gasteiger partial charge is 0.419 e. The summed E-state index contributed by atoms with van der Waals surface area (Å²) in [4.78, 5) is 11.2. The zero-order valence-electron chi connectivity index (χ0n) is 20.9. The lowest BCUT2D eigenvalue weighted by atomic mass is 9.75. The zero-order valence-corrected chi connectivity index (χ0v) is 20.9. The summed E-state index contributed by atoms with van der Waals surface area (Å²) in [6, 6.07) is 14.2. The summed E-state index contributed by atoms with van der Waals surface area (Å²) in [6.07, 6.45) is -2.82. The van der Waals surface area contributed by atoms with Crippen molar-refractivity contribution in [2.24, 2.45) is 0 Å². The second-order valence-corrected chi connectivity index (χ2v) is 9.71. The van der Waals surface area contributed by atoms with Crippen molar-refractivity contribution in [1.82, 2.24) is 9.78 Å². The van der Waals surface area contributed by atoms with Gasteiger partial charge in [-0.15, -0.1) is 0 Å². The van der Waals surface area contributed by atoms with Gasteiger partial charge in [0.2, 0.25) is 0 Å². The van der Waals surface area contributed by atoms with E-state index >= 15 is 0 Å². The highest BCUT2D eigenvalue weighted by molar-refractivity contribution is 5.93. The average Bonchev–Trinajstić information content (AvgIpc) is 3.28. The number of nitrogens with one attached hydrogen (secondary N) is 1. The first kappa shape index (κ1) is 25.7. The van der Waals surface area contributed by atoms with Crippen LogP contribution in [0.15, 0.2) is 60.8 Å². The molecule has 2 atom stereocenters. The number of fused-ring (bicyclic) bond motifs is 1. The number of aryl methyl sites for hydroxylation is 1. The quantitative estimate of drug-likeness (QED) is 0.224. The van der Waals surface area contributed by atoms with Gasteiger partial charge < -0.3 is 14.8 Å². The molecule has 1 fully saturated rings. The molecule has 4 aromatic rings. The van der Waals surface area contributed by atoms with Crippen LogP contribution in [-0.2, 0) is 10.3 Å². The monoisotopic (exact) mass is 527 g/mol. The van der Waals surface area contributed by atoms with E-state index in [0.29, 0.717) is 27.8 Å². The number of carbonyl (C=O) groups is 1. The van der Waals surface area contributed by atoms with Crippen molar-refractivity contribution in [1.29, 1.82) is 0 Å². The molecule has 0 amide bonds. The highest BCUT2D eigenvalue weighted by Gasteiger charge is 2.68. The molecular weight excluding hydrogens is 502 g/mol. The van der Waals surface area contributed by atoms with Gasteiger partial charge in [0.05, 0.1) is 36.7 Å². The number of carbonyl (C=O) groups excluding carboxylic acids is 1. The molecule has 2 unspecified atom stereocenters. The number of alkyl halides is 3. The van der Waals surface area contributed by atoms with E-state index < -0.39 is 36.2 Å². The molecule has 1 aliphatic rings. The minimum atomic E-state index is -4.69. The Morgan fingerprint density at radius 2 is 1.95 bits per heavy atom. The predicted molar refractivity (Wildman–Crippen MR) is 134 cm³/mol. The summed E-state index contributed by atoms with van der Waals surface area (Å²) < 4.78 is 69.5. The number of hydrogen-bond donors (Lipinski definition) is 1. The molecule has 0 saturated carbocycles. The summed E-state index contributed by atoms with van der Waals surface area (Å²) in [5.74, 6) is -0.338. The van der Waals surface area contributed by atoms with Gasteiger partial charge in [0, 0.05) is 28.6 Å². The summed E-state index contributed by atoms with van der Waals surface area (Å²) in [6.45, 7) is 2.77. The van der Waals surface area contributed by atoms with Crippen molar-refractivity contribution >= 4 is 22.9 Å². The second kappa shape index (κ2) is 9.13. The molecule has 0 bridgehead atoms. The van der Waals surface area contributed by atoms with Crippen molar-refractivity contribution in [2.75, 3.05) is 19.0 Å². The van der Waals surface area contributed by atoms with E-state index in [2.05, 4.69) is 10.4 Å². The number of anilines is 1. The van der Waals surface area contributed by atoms with Crippen LogP contribution in [-0.4, -0.2) is 41.5 Å². The number of ether oxygens (including phenoxy) is 2. The fourth-order valence-electron chi connectivity index (χ4n) is 5.16. The fraction of sp³-hybridized carbons (Fsp3) is 0.286. The lowest BCUT2D eigenvalue weighted by Gasteiger charge is -2.55. The molecule has 38 heavy (non-hydrogen) atoms. The number of methoxy groups -OCH3 is 1. The third-order valence-electron chi connectivity index (χ3n) is 6.94. The van der Waals surface area contributed by atoms with E-state index in [4.69, 9.17) is 9.47 Å². The Balaban J connectivity index is 1.46. The normalized spacial score (nSPS) is 21.2. The van der Waals surface area contributed by atoms with Crippen molar-refractivity contribution in [2.45, 2.75) is 37.6 Å². The van der Waals surface area contributed by atoms with E-state index in [-0.39, 0.29) is 11.3 Å². The van der Waals surface area contributed by atoms with Gasteiger partial charge in [-0.2, -0.15) is 18.3 Å². The maximum atomic E-state index is 14.4. The van der Waals surface area contributed by atoms with Gasteiger partial charge in [-0.25, -0.2) is 9.07 Å². The van der Waals surface area contributed by atoms with Gasteiger partial charge in [-0.1, -0.05) is 12.1 Å². The SMILES string of the molecule is COc1ccc(F)cc1C1(C)CC(CNc2cc(C)cc3c2cnn3-c2cccc(C=O)c2)(C(F)(F)F)O1. The Hall–Kier alpha value is -3.92. The number of rotatable bonds is 7. The van der Waals surface area contributed by atoms with E-state index in [1.54, 1.807) is 41.2 Å². The zero-order chi connectivity index (χ0) is 27.3. The predicted octanol–water partition coefficient (Wildman–Crippen LogP) is 6.34. The molecule has 3 aromatic carbocycles. The Morgan fingerprint density at radius 1 is 1.18 bits per heavy atom. The number of hydrogen-bond acceptors (Lipinski definition) is 5. The Kier molecular flexibility index (Phi) is 6.18. The van der Waals surface area contributed by atoms with Crippen molar-refractivity contribution < 1.29 is 31.8 Å². The van der Waals surface area contributed by atoms with Crippen LogP contribution in [0.3, 0.4) is 0 Å². The molecule has 6 nitrogen and oxygen atoms in total. The van der Waals surface area contributed by atoms with Gasteiger partial charge in [0.25, 0.3) is 0 Å². The van der Waals surface area contributed by atoms with Crippen LogP contribution in [0.25, 0.3) is 16.6 Å². The first-order valence-corrected chi connectivity index (χ1v) is 11.9. The highest BCUT2D eigenvalue weighted by atomic mass is 19.4. The molecule has 1 saturated heterocycles. The second-order valence-electron chi connectivity index (χ2n) is 9.71. The largest absolute Gasteiger partial charge is 0.496 e. The summed E-state index contributed by atoms with van der Waals surface area (Å²) >= 11 is 0. The van der Waals surface area contributed by atoms with Crippen LogP contribution in [0.1, 0.15) is 34.8 Å². The molecule has 0 radical (unpaired) electrons. The Labute approximate surface area is 216 Å². The molecule has 1 N–H and O–H groups in total. The van der Waals surface area contributed by atoms with Crippen LogP contribution in [0.2, 0.25) is 0 Å². The van der Waals surface area contributed by atoms with E-state index in [0.717, 1.165) is 17.9 Å². The lowest BCUT2D eigenvalue weighted by molar-refractivity contribution is -0.380. The maximum Gasteiger partial charge on any atom is 0.419 e. The Morgan fingerprint density at radius 3 is 2.63 bits per heavy atom. The van der Waals surface area contributed by atoms with Crippen LogP contribution in [0.4, 0.5) is 23.2 Å². The summed E-state index contributed by atoms with van der Waals surface area (Å²) in [5.41, 5.74) is -0.610. The number of halogens is 4. The topological polar surface area (TPSA) is 65.4 Å². The molecule has 198 valence electrons. The Bertz CT molecular complexity index is 1520. The third-order valence-corrected chi connectivity index (χ3v) is 6.94. The van der Waals surface area contributed by atoms with Crippen LogP contribution in [0, 0.1) is 12.7 Å². The minimum Gasteiger partial charge on any atom is -0.496 e. The van der Waals surface area contributed by atoms with Gasteiger partial charge in [0.1, 0.15) is 17.9 Å². The van der Waals surface area contributed by atoms with Crippen molar-refractivity contribution in [3.05, 3.63) is 83.3 Å². The minimum absolute atomic E-state index is 0.219. The van der Waals surface area contributed by atoms with Gasteiger partial charge in [-0.3, -0.25) is 4.79 Å². The summed E-state index contributed by atoms with van der Waals surface area (Å²) in [7, 11) is 1.37. The average molecular weight is 528 g/mol. The standard InChI is InChI=1S/C28H25F4N3O3/c1-17-9-23(21-13-34-35(24(21)10-17)20-6-4-5-18(11-20)14-36)33-16-27(28(30,31)32)15-26(2,38-27)22-12-19(29)7-8-25(22)37-3/h4-14,33H,15-16H2,1-3H3. The molecule has 1 aliphatic heterocycles. The van der Waals surface area contributed by atoms with Gasteiger partial charge in [-0.05, 0) is 61.9 Å². The van der Waals surface area contributed by atoms with Gasteiger partial charge >= 0.3 is 6.18 Å². The summed E-state index contributed by atoms with van der Waals surface area (Å²) in [5, 5.41) is 7.96. The molecule has 2 heterocycles.